The largest absolute Gasteiger partial charge is 0.451 e. The zero-order valence-electron chi connectivity index (χ0n) is 9.51. The molecular weight excluding hydrogens is 243 g/mol. The van der Waals surface area contributed by atoms with Gasteiger partial charge in [-0.05, 0) is 18.6 Å². The van der Waals surface area contributed by atoms with E-state index in [0.29, 0.717) is 5.56 Å². The molecule has 0 heterocycles. The molecule has 0 aromatic heterocycles. The Hall–Kier alpha value is -2.17. The molecular formula is C13H10F3NO. The molecule has 18 heavy (non-hydrogen) atoms. The third kappa shape index (κ3) is 2.40. The second-order valence-electron chi connectivity index (χ2n) is 3.83. The molecule has 0 aliphatic rings. The highest BCUT2D eigenvalue weighted by molar-refractivity contribution is 5.46. The summed E-state index contributed by atoms with van der Waals surface area (Å²) in [5, 5.41) is 0. The number of halogens is 3. The first-order valence-electron chi connectivity index (χ1n) is 5.16. The van der Waals surface area contributed by atoms with Gasteiger partial charge in [0.25, 0.3) is 0 Å². The second kappa shape index (κ2) is 4.60. The molecule has 5 heteroatoms. The van der Waals surface area contributed by atoms with Crippen molar-refractivity contribution in [1.82, 2.24) is 0 Å². The fourth-order valence-electron chi connectivity index (χ4n) is 1.47. The predicted molar refractivity (Wildman–Crippen MR) is 62.0 cm³/mol. The Bertz CT molecular complexity index is 576. The second-order valence-corrected chi connectivity index (χ2v) is 3.83. The number of benzene rings is 2. The third-order valence-electron chi connectivity index (χ3n) is 2.38. The number of ether oxygens (including phenoxy) is 1. The monoisotopic (exact) mass is 253 g/mol. The van der Waals surface area contributed by atoms with E-state index >= 15 is 0 Å². The summed E-state index contributed by atoms with van der Waals surface area (Å²) in [6.07, 6.45) is 0. The van der Waals surface area contributed by atoms with Gasteiger partial charge in [0.2, 0.25) is 0 Å². The van der Waals surface area contributed by atoms with E-state index in [1.165, 1.54) is 12.1 Å². The maximum absolute atomic E-state index is 13.5. The molecule has 94 valence electrons. The number of anilines is 1. The highest BCUT2D eigenvalue weighted by Gasteiger charge is 2.14. The van der Waals surface area contributed by atoms with E-state index in [9.17, 15) is 13.2 Å². The molecule has 0 saturated heterocycles. The predicted octanol–water partition coefficient (Wildman–Crippen LogP) is 3.79. The quantitative estimate of drug-likeness (QED) is 0.826. The van der Waals surface area contributed by atoms with Gasteiger partial charge >= 0.3 is 0 Å². The standard InChI is InChI=1S/C13H10F3NO/c1-7-2-3-8(14)4-12(7)18-13-10(15)5-9(17)6-11(13)16/h2-6H,17H2,1H3. The molecule has 2 rings (SSSR count). The molecule has 2 N–H and O–H groups in total. The van der Waals surface area contributed by atoms with Crippen LogP contribution in [0.5, 0.6) is 11.5 Å². The minimum absolute atomic E-state index is 0.0479. The Morgan fingerprint density at radius 1 is 1.00 bits per heavy atom. The van der Waals surface area contributed by atoms with Gasteiger partial charge in [0.05, 0.1) is 0 Å². The Labute approximate surface area is 102 Å². The van der Waals surface area contributed by atoms with Crippen molar-refractivity contribution in [3.8, 4) is 11.5 Å². The molecule has 0 amide bonds. The molecule has 0 saturated carbocycles. The minimum Gasteiger partial charge on any atom is -0.451 e. The molecule has 0 radical (unpaired) electrons. The van der Waals surface area contributed by atoms with Gasteiger partial charge in [0, 0.05) is 23.9 Å². The summed E-state index contributed by atoms with van der Waals surface area (Å²) in [5.74, 6) is -2.96. The maximum atomic E-state index is 13.5. The first-order chi connectivity index (χ1) is 8.47. The zero-order chi connectivity index (χ0) is 13.3. The van der Waals surface area contributed by atoms with E-state index in [1.807, 2.05) is 0 Å². The molecule has 0 unspecified atom stereocenters. The summed E-state index contributed by atoms with van der Waals surface area (Å²) in [6.45, 7) is 1.64. The normalized spacial score (nSPS) is 10.4. The van der Waals surface area contributed by atoms with Gasteiger partial charge in [-0.15, -0.1) is 0 Å². The summed E-state index contributed by atoms with van der Waals surface area (Å²) < 4.78 is 45.1. The van der Waals surface area contributed by atoms with Crippen LogP contribution in [-0.4, -0.2) is 0 Å². The van der Waals surface area contributed by atoms with Crippen LogP contribution in [0.2, 0.25) is 0 Å². The van der Waals surface area contributed by atoms with Gasteiger partial charge in [-0.2, -0.15) is 0 Å². The Balaban J connectivity index is 2.43. The summed E-state index contributed by atoms with van der Waals surface area (Å²) in [4.78, 5) is 0. The Morgan fingerprint density at radius 3 is 2.22 bits per heavy atom. The summed E-state index contributed by atoms with van der Waals surface area (Å²) in [6, 6.07) is 5.63. The minimum atomic E-state index is -0.934. The average Bonchev–Trinajstić information content (AvgIpc) is 2.28. The van der Waals surface area contributed by atoms with Gasteiger partial charge in [-0.25, -0.2) is 13.2 Å². The van der Waals surface area contributed by atoms with Gasteiger partial charge < -0.3 is 10.5 Å². The van der Waals surface area contributed by atoms with Crippen molar-refractivity contribution < 1.29 is 17.9 Å². The lowest BCUT2D eigenvalue weighted by molar-refractivity contribution is 0.403. The van der Waals surface area contributed by atoms with Crippen LogP contribution in [0.1, 0.15) is 5.56 Å². The van der Waals surface area contributed by atoms with Crippen LogP contribution in [-0.2, 0) is 0 Å². The van der Waals surface area contributed by atoms with Crippen molar-refractivity contribution in [3.05, 3.63) is 53.3 Å². The zero-order valence-corrected chi connectivity index (χ0v) is 9.51. The molecule has 0 atom stereocenters. The highest BCUT2D eigenvalue weighted by Crippen LogP contribution is 2.31. The first-order valence-corrected chi connectivity index (χ1v) is 5.16. The van der Waals surface area contributed by atoms with Crippen LogP contribution in [0.25, 0.3) is 0 Å². The Morgan fingerprint density at radius 2 is 1.61 bits per heavy atom. The molecule has 0 fully saturated rings. The number of nitrogens with two attached hydrogens (primary N) is 1. The topological polar surface area (TPSA) is 35.2 Å². The third-order valence-corrected chi connectivity index (χ3v) is 2.38. The summed E-state index contributed by atoms with van der Waals surface area (Å²) in [7, 11) is 0. The molecule has 0 aliphatic heterocycles. The molecule has 0 bridgehead atoms. The molecule has 2 nitrogen and oxygen atoms in total. The number of nitrogen functional groups attached to an aromatic ring is 1. The maximum Gasteiger partial charge on any atom is 0.198 e. The molecule has 0 spiro atoms. The lowest BCUT2D eigenvalue weighted by Crippen LogP contribution is -1.97. The Kier molecular flexibility index (Phi) is 3.14. The summed E-state index contributed by atoms with van der Waals surface area (Å²) in [5.41, 5.74) is 5.79. The van der Waals surface area contributed by atoms with E-state index < -0.39 is 23.2 Å². The lowest BCUT2D eigenvalue weighted by Gasteiger charge is -2.10. The van der Waals surface area contributed by atoms with Crippen LogP contribution in [0.3, 0.4) is 0 Å². The highest BCUT2D eigenvalue weighted by atomic mass is 19.1. The van der Waals surface area contributed by atoms with Gasteiger partial charge in [-0.3, -0.25) is 0 Å². The van der Waals surface area contributed by atoms with Crippen molar-refractivity contribution in [3.63, 3.8) is 0 Å². The van der Waals surface area contributed by atoms with E-state index in [-0.39, 0.29) is 11.4 Å². The van der Waals surface area contributed by atoms with Gasteiger partial charge in [-0.1, -0.05) is 6.07 Å². The fourth-order valence-corrected chi connectivity index (χ4v) is 1.47. The average molecular weight is 253 g/mol. The van der Waals surface area contributed by atoms with Crippen LogP contribution in [0, 0.1) is 24.4 Å². The smallest absolute Gasteiger partial charge is 0.198 e. The van der Waals surface area contributed by atoms with Crippen LogP contribution in [0.4, 0.5) is 18.9 Å². The molecule has 2 aromatic carbocycles. The van der Waals surface area contributed by atoms with Crippen LogP contribution < -0.4 is 10.5 Å². The number of hydrogen-bond acceptors (Lipinski definition) is 2. The first kappa shape index (κ1) is 12.3. The summed E-state index contributed by atoms with van der Waals surface area (Å²) >= 11 is 0. The van der Waals surface area contributed by atoms with Crippen LogP contribution in [0.15, 0.2) is 30.3 Å². The van der Waals surface area contributed by atoms with Crippen molar-refractivity contribution in [2.45, 2.75) is 6.92 Å². The SMILES string of the molecule is Cc1ccc(F)cc1Oc1c(F)cc(N)cc1F. The van der Waals surface area contributed by atoms with Gasteiger partial charge in [0.15, 0.2) is 17.4 Å². The van der Waals surface area contributed by atoms with Crippen molar-refractivity contribution in [2.75, 3.05) is 5.73 Å². The van der Waals surface area contributed by atoms with Crippen LogP contribution >= 0.6 is 0 Å². The fraction of sp³-hybridized carbons (Fsp3) is 0.0769. The van der Waals surface area contributed by atoms with Gasteiger partial charge in [0.1, 0.15) is 11.6 Å². The van der Waals surface area contributed by atoms with Crippen molar-refractivity contribution in [1.29, 1.82) is 0 Å². The van der Waals surface area contributed by atoms with Crippen molar-refractivity contribution >= 4 is 5.69 Å². The van der Waals surface area contributed by atoms with E-state index in [1.54, 1.807) is 6.92 Å². The number of aryl methyl sites for hydroxylation is 1. The van der Waals surface area contributed by atoms with E-state index in [4.69, 9.17) is 10.5 Å². The lowest BCUT2D eigenvalue weighted by atomic mass is 10.2. The van der Waals surface area contributed by atoms with E-state index in [0.717, 1.165) is 18.2 Å². The van der Waals surface area contributed by atoms with E-state index in [2.05, 4.69) is 0 Å². The molecule has 0 aliphatic carbocycles. The number of rotatable bonds is 2. The molecule has 2 aromatic rings. The number of hydrogen-bond donors (Lipinski definition) is 1. The van der Waals surface area contributed by atoms with Crippen molar-refractivity contribution in [2.24, 2.45) is 0 Å².